The van der Waals surface area contributed by atoms with Gasteiger partial charge in [0.15, 0.2) is 11.5 Å². The fourth-order valence-corrected chi connectivity index (χ4v) is 2.39. The molecule has 1 N–H and O–H groups in total. The Morgan fingerprint density at radius 3 is 2.78 bits per heavy atom. The number of hydrogen-bond donors (Lipinski definition) is 1. The van der Waals surface area contributed by atoms with Crippen molar-refractivity contribution in [2.75, 3.05) is 5.32 Å². The molecule has 0 unspecified atom stereocenters. The highest BCUT2D eigenvalue weighted by atomic mass is 16.6. The first kappa shape index (κ1) is 14.7. The summed E-state index contributed by atoms with van der Waals surface area (Å²) in [5, 5.41) is 13.7. The van der Waals surface area contributed by atoms with E-state index in [-0.39, 0.29) is 11.3 Å². The summed E-state index contributed by atoms with van der Waals surface area (Å²) in [6.07, 6.45) is 0. The van der Waals surface area contributed by atoms with Crippen LogP contribution in [0.25, 0.3) is 11.1 Å². The molecule has 0 saturated carbocycles. The van der Waals surface area contributed by atoms with E-state index in [0.717, 1.165) is 0 Å². The van der Waals surface area contributed by atoms with Crippen LogP contribution in [0, 0.1) is 24.0 Å². The highest BCUT2D eigenvalue weighted by Gasteiger charge is 2.18. The molecule has 23 heavy (non-hydrogen) atoms. The minimum absolute atomic E-state index is 0.0831. The van der Waals surface area contributed by atoms with E-state index < -0.39 is 10.8 Å². The molecule has 1 amide bonds. The van der Waals surface area contributed by atoms with Gasteiger partial charge in [-0.1, -0.05) is 6.07 Å². The van der Waals surface area contributed by atoms with E-state index in [9.17, 15) is 14.9 Å². The minimum Gasteiger partial charge on any atom is -0.441 e. The van der Waals surface area contributed by atoms with Gasteiger partial charge in [-0.3, -0.25) is 14.9 Å². The summed E-state index contributed by atoms with van der Waals surface area (Å²) in [4.78, 5) is 27.0. The number of nitro benzene ring substituents is 1. The smallest absolute Gasteiger partial charge is 0.273 e. The third kappa shape index (κ3) is 2.76. The molecule has 0 aliphatic heterocycles. The molecule has 0 aliphatic rings. The molecule has 1 heterocycles. The zero-order valence-electron chi connectivity index (χ0n) is 12.5. The number of fused-ring (bicyclic) bond motifs is 1. The number of anilines is 1. The third-order valence-corrected chi connectivity index (χ3v) is 3.50. The van der Waals surface area contributed by atoms with Crippen molar-refractivity contribution in [1.29, 1.82) is 0 Å². The normalized spacial score (nSPS) is 10.7. The zero-order valence-corrected chi connectivity index (χ0v) is 12.5. The van der Waals surface area contributed by atoms with Crippen LogP contribution in [0.15, 0.2) is 40.8 Å². The predicted molar refractivity (Wildman–Crippen MR) is 84.5 cm³/mol. The van der Waals surface area contributed by atoms with Crippen LogP contribution in [0.4, 0.5) is 11.4 Å². The molecule has 0 atom stereocenters. The van der Waals surface area contributed by atoms with E-state index in [1.807, 2.05) is 0 Å². The first-order chi connectivity index (χ1) is 11.0. The maximum atomic E-state index is 12.4. The number of aromatic nitrogens is 1. The standard InChI is InChI=1S/C16H13N3O4/c1-9-12(4-3-5-14(9)19(21)22)16(20)18-11-6-7-15-13(8-11)17-10(2)23-15/h3-8H,1-2H3,(H,18,20). The van der Waals surface area contributed by atoms with E-state index in [2.05, 4.69) is 10.3 Å². The van der Waals surface area contributed by atoms with Crippen LogP contribution in [-0.4, -0.2) is 15.8 Å². The summed E-state index contributed by atoms with van der Waals surface area (Å²) in [7, 11) is 0. The first-order valence-corrected chi connectivity index (χ1v) is 6.88. The molecule has 1 aromatic heterocycles. The molecule has 0 bridgehead atoms. The predicted octanol–water partition coefficient (Wildman–Crippen LogP) is 3.61. The Morgan fingerprint density at radius 2 is 2.04 bits per heavy atom. The number of nitrogens with zero attached hydrogens (tertiary/aromatic N) is 2. The zero-order chi connectivity index (χ0) is 16.6. The number of benzene rings is 2. The SMILES string of the molecule is Cc1nc2cc(NC(=O)c3cccc([N+](=O)[O-])c3C)ccc2o1. The van der Waals surface area contributed by atoms with Crippen molar-refractivity contribution in [2.45, 2.75) is 13.8 Å². The Hall–Kier alpha value is -3.22. The molecule has 116 valence electrons. The molecule has 0 saturated heterocycles. The van der Waals surface area contributed by atoms with Crippen LogP contribution < -0.4 is 5.32 Å². The van der Waals surface area contributed by atoms with Crippen molar-refractivity contribution in [3.63, 3.8) is 0 Å². The van der Waals surface area contributed by atoms with Gasteiger partial charge < -0.3 is 9.73 Å². The lowest BCUT2D eigenvalue weighted by Crippen LogP contribution is -2.14. The Balaban J connectivity index is 1.91. The van der Waals surface area contributed by atoms with Gasteiger partial charge in [0.2, 0.25) is 0 Å². The van der Waals surface area contributed by atoms with Crippen LogP contribution in [0.2, 0.25) is 0 Å². The monoisotopic (exact) mass is 311 g/mol. The van der Waals surface area contributed by atoms with Crippen molar-refractivity contribution in [2.24, 2.45) is 0 Å². The van der Waals surface area contributed by atoms with Crippen molar-refractivity contribution >= 4 is 28.4 Å². The van der Waals surface area contributed by atoms with Crippen LogP contribution >= 0.6 is 0 Å². The number of hydrogen-bond acceptors (Lipinski definition) is 5. The number of carbonyl (C=O) groups is 1. The van der Waals surface area contributed by atoms with Gasteiger partial charge in [-0.2, -0.15) is 0 Å². The summed E-state index contributed by atoms with van der Waals surface area (Å²) in [5.41, 5.74) is 2.31. The largest absolute Gasteiger partial charge is 0.441 e. The van der Waals surface area contributed by atoms with Crippen LogP contribution in [0.1, 0.15) is 21.8 Å². The number of oxazole rings is 1. The quantitative estimate of drug-likeness (QED) is 0.588. The molecule has 0 spiro atoms. The number of aryl methyl sites for hydroxylation is 1. The van der Waals surface area contributed by atoms with Gasteiger partial charge in [0.1, 0.15) is 5.52 Å². The first-order valence-electron chi connectivity index (χ1n) is 6.88. The maximum absolute atomic E-state index is 12.4. The number of carbonyl (C=O) groups excluding carboxylic acids is 1. The third-order valence-electron chi connectivity index (χ3n) is 3.50. The van der Waals surface area contributed by atoms with Gasteiger partial charge in [0.05, 0.1) is 4.92 Å². The lowest BCUT2D eigenvalue weighted by Gasteiger charge is -2.07. The lowest BCUT2D eigenvalue weighted by atomic mass is 10.1. The highest BCUT2D eigenvalue weighted by Crippen LogP contribution is 2.23. The molecule has 3 rings (SSSR count). The molecular formula is C16H13N3O4. The van der Waals surface area contributed by atoms with Crippen molar-refractivity contribution in [1.82, 2.24) is 4.98 Å². The van der Waals surface area contributed by atoms with Gasteiger partial charge in [-0.05, 0) is 31.2 Å². The topological polar surface area (TPSA) is 98.3 Å². The molecule has 3 aromatic rings. The van der Waals surface area contributed by atoms with Gasteiger partial charge in [-0.25, -0.2) is 4.98 Å². The fourth-order valence-electron chi connectivity index (χ4n) is 2.39. The molecule has 0 fully saturated rings. The van der Waals surface area contributed by atoms with Gasteiger partial charge in [-0.15, -0.1) is 0 Å². The van der Waals surface area contributed by atoms with Crippen LogP contribution in [0.3, 0.4) is 0 Å². The molecule has 0 radical (unpaired) electrons. The number of rotatable bonds is 3. The Kier molecular flexibility index (Phi) is 3.53. The summed E-state index contributed by atoms with van der Waals surface area (Å²) in [6.45, 7) is 3.29. The summed E-state index contributed by atoms with van der Waals surface area (Å²) >= 11 is 0. The van der Waals surface area contributed by atoms with Crippen molar-refractivity contribution in [3.05, 3.63) is 63.5 Å². The van der Waals surface area contributed by atoms with Crippen LogP contribution in [0.5, 0.6) is 0 Å². The van der Waals surface area contributed by atoms with E-state index in [1.54, 1.807) is 38.1 Å². The number of nitro groups is 1. The Labute approximate surface area is 131 Å². The molecule has 2 aromatic carbocycles. The summed E-state index contributed by atoms with van der Waals surface area (Å²) < 4.78 is 5.37. The lowest BCUT2D eigenvalue weighted by molar-refractivity contribution is -0.385. The fraction of sp³-hybridized carbons (Fsp3) is 0.125. The molecule has 7 heteroatoms. The van der Waals surface area contributed by atoms with Crippen LogP contribution in [-0.2, 0) is 0 Å². The number of amides is 1. The minimum atomic E-state index is -0.504. The average Bonchev–Trinajstić information content (AvgIpc) is 2.86. The molecule has 7 nitrogen and oxygen atoms in total. The van der Waals surface area contributed by atoms with E-state index in [1.165, 1.54) is 12.1 Å². The van der Waals surface area contributed by atoms with E-state index in [4.69, 9.17) is 4.42 Å². The second-order valence-corrected chi connectivity index (χ2v) is 5.08. The average molecular weight is 311 g/mol. The number of nitrogens with one attached hydrogen (secondary N) is 1. The Bertz CT molecular complexity index is 930. The maximum Gasteiger partial charge on any atom is 0.273 e. The van der Waals surface area contributed by atoms with E-state index in [0.29, 0.717) is 28.2 Å². The highest BCUT2D eigenvalue weighted by molar-refractivity contribution is 6.06. The summed E-state index contributed by atoms with van der Waals surface area (Å²) in [6, 6.07) is 9.51. The molecular weight excluding hydrogens is 298 g/mol. The van der Waals surface area contributed by atoms with Crippen molar-refractivity contribution in [3.8, 4) is 0 Å². The van der Waals surface area contributed by atoms with Gasteiger partial charge in [0, 0.05) is 29.8 Å². The summed E-state index contributed by atoms with van der Waals surface area (Å²) in [5.74, 6) is 0.128. The second-order valence-electron chi connectivity index (χ2n) is 5.08. The van der Waals surface area contributed by atoms with Gasteiger partial charge in [0.25, 0.3) is 11.6 Å². The second kappa shape index (κ2) is 5.53. The van der Waals surface area contributed by atoms with Crippen molar-refractivity contribution < 1.29 is 14.1 Å². The Morgan fingerprint density at radius 1 is 1.26 bits per heavy atom. The van der Waals surface area contributed by atoms with E-state index >= 15 is 0 Å². The van der Waals surface area contributed by atoms with Gasteiger partial charge >= 0.3 is 0 Å². The molecule has 0 aliphatic carbocycles.